The van der Waals surface area contributed by atoms with Crippen molar-refractivity contribution in [1.82, 2.24) is 14.9 Å². The predicted molar refractivity (Wildman–Crippen MR) is 130 cm³/mol. The van der Waals surface area contributed by atoms with Crippen molar-refractivity contribution in [1.29, 1.82) is 0 Å². The molecular weight excluding hydrogens is 442 g/mol. The molecule has 0 spiro atoms. The zero-order chi connectivity index (χ0) is 21.2. The van der Waals surface area contributed by atoms with Crippen molar-refractivity contribution in [2.45, 2.75) is 36.3 Å². The minimum absolute atomic E-state index is 0.134. The summed E-state index contributed by atoms with van der Waals surface area (Å²) >= 11 is 5.23. The number of aryl methyl sites for hydroxylation is 1. The Balaban J connectivity index is 1.17. The molecule has 1 aliphatic rings. The van der Waals surface area contributed by atoms with E-state index >= 15 is 0 Å². The number of thiazole rings is 2. The van der Waals surface area contributed by atoms with Crippen molar-refractivity contribution >= 4 is 50.6 Å². The Bertz CT molecular complexity index is 1160. The van der Waals surface area contributed by atoms with Gasteiger partial charge < -0.3 is 4.90 Å². The lowest BCUT2D eigenvalue weighted by molar-refractivity contribution is 0.0713. The van der Waals surface area contributed by atoms with E-state index in [-0.39, 0.29) is 5.91 Å². The summed E-state index contributed by atoms with van der Waals surface area (Å²) in [6.45, 7) is 3.61. The summed E-state index contributed by atoms with van der Waals surface area (Å²) in [7, 11) is 0. The van der Waals surface area contributed by atoms with Crippen LogP contribution in [0.3, 0.4) is 0 Å². The summed E-state index contributed by atoms with van der Waals surface area (Å²) < 4.78 is 1.25. The van der Waals surface area contributed by atoms with E-state index < -0.39 is 0 Å². The molecule has 0 unspecified atom stereocenters. The maximum atomic E-state index is 13.0. The molecule has 0 aliphatic carbocycles. The normalized spacial score (nSPS) is 14.9. The fraction of sp³-hybridized carbons (Fsp3) is 0.292. The maximum absolute atomic E-state index is 13.0. The first-order valence-electron chi connectivity index (χ1n) is 10.4. The fourth-order valence-electron chi connectivity index (χ4n) is 3.90. The quantitative estimate of drug-likeness (QED) is 0.321. The maximum Gasteiger partial charge on any atom is 0.253 e. The lowest BCUT2D eigenvalue weighted by Gasteiger charge is -2.31. The number of hydrogen-bond donors (Lipinski definition) is 0. The molecule has 0 saturated carbocycles. The second-order valence-corrected chi connectivity index (χ2v) is 10.9. The first-order valence-corrected chi connectivity index (χ1v) is 13.1. The Morgan fingerprint density at radius 2 is 1.87 bits per heavy atom. The Morgan fingerprint density at radius 3 is 2.58 bits per heavy atom. The van der Waals surface area contributed by atoms with Gasteiger partial charge in [0.15, 0.2) is 0 Å². The Labute approximate surface area is 194 Å². The SMILES string of the molecule is Cc1nc(CSc2ccc(C(=O)N3CCC(c4nc5ccccc5s4)CC3)cc2)cs1. The molecule has 2 aromatic carbocycles. The molecule has 4 nitrogen and oxygen atoms in total. The van der Waals surface area contributed by atoms with Crippen LogP contribution in [0.25, 0.3) is 10.2 Å². The molecule has 4 aromatic rings. The average Bonchev–Trinajstić information content (AvgIpc) is 3.43. The third-order valence-corrected chi connectivity index (χ3v) is 8.66. The van der Waals surface area contributed by atoms with Crippen LogP contribution in [0.15, 0.2) is 58.8 Å². The number of carbonyl (C=O) groups excluding carboxylic acids is 1. The van der Waals surface area contributed by atoms with Gasteiger partial charge in [-0.2, -0.15) is 0 Å². The molecule has 0 bridgehead atoms. The number of thioether (sulfide) groups is 1. The molecule has 3 heterocycles. The summed E-state index contributed by atoms with van der Waals surface area (Å²) in [5.74, 6) is 1.45. The summed E-state index contributed by atoms with van der Waals surface area (Å²) in [6.07, 6.45) is 1.96. The third-order valence-electron chi connectivity index (χ3n) is 5.60. The highest BCUT2D eigenvalue weighted by atomic mass is 32.2. The summed E-state index contributed by atoms with van der Waals surface area (Å²) in [5.41, 5.74) is 2.97. The first-order chi connectivity index (χ1) is 15.2. The lowest BCUT2D eigenvalue weighted by atomic mass is 9.97. The number of likely N-dealkylation sites (tertiary alicyclic amines) is 1. The van der Waals surface area contributed by atoms with E-state index in [0.29, 0.717) is 5.92 Å². The van der Waals surface area contributed by atoms with Crippen LogP contribution in [0.2, 0.25) is 0 Å². The highest BCUT2D eigenvalue weighted by Crippen LogP contribution is 2.34. The molecule has 1 aliphatic heterocycles. The Kier molecular flexibility index (Phi) is 6.07. The Hall–Kier alpha value is -2.22. The molecule has 31 heavy (non-hydrogen) atoms. The van der Waals surface area contributed by atoms with E-state index in [0.717, 1.165) is 58.4 Å². The van der Waals surface area contributed by atoms with Gasteiger partial charge in [-0.1, -0.05) is 12.1 Å². The molecule has 7 heteroatoms. The largest absolute Gasteiger partial charge is 0.339 e. The van der Waals surface area contributed by atoms with E-state index in [1.54, 1.807) is 34.4 Å². The number of piperidine rings is 1. The van der Waals surface area contributed by atoms with Gasteiger partial charge in [0.25, 0.3) is 5.91 Å². The molecule has 0 radical (unpaired) electrons. The zero-order valence-electron chi connectivity index (χ0n) is 17.3. The van der Waals surface area contributed by atoms with Gasteiger partial charge >= 0.3 is 0 Å². The van der Waals surface area contributed by atoms with Crippen LogP contribution in [-0.4, -0.2) is 33.9 Å². The molecule has 1 amide bonds. The number of para-hydroxylation sites is 1. The zero-order valence-corrected chi connectivity index (χ0v) is 19.7. The molecule has 5 rings (SSSR count). The van der Waals surface area contributed by atoms with Gasteiger partial charge in [-0.3, -0.25) is 4.79 Å². The molecule has 1 saturated heterocycles. The molecule has 1 fully saturated rings. The second kappa shape index (κ2) is 9.10. The van der Waals surface area contributed by atoms with Crippen molar-refractivity contribution in [2.75, 3.05) is 13.1 Å². The van der Waals surface area contributed by atoms with Crippen molar-refractivity contribution in [3.05, 3.63) is 75.2 Å². The van der Waals surface area contributed by atoms with Crippen LogP contribution in [0.5, 0.6) is 0 Å². The molecular formula is C24H23N3OS3. The van der Waals surface area contributed by atoms with Crippen LogP contribution in [0.1, 0.15) is 44.8 Å². The summed E-state index contributed by atoms with van der Waals surface area (Å²) in [4.78, 5) is 25.5. The van der Waals surface area contributed by atoms with E-state index in [1.807, 2.05) is 42.2 Å². The predicted octanol–water partition coefficient (Wildman–Crippen LogP) is 6.37. The molecule has 2 aromatic heterocycles. The number of carbonyl (C=O) groups is 1. The van der Waals surface area contributed by atoms with E-state index in [4.69, 9.17) is 4.98 Å². The van der Waals surface area contributed by atoms with Gasteiger partial charge in [0.1, 0.15) is 0 Å². The first kappa shape index (κ1) is 20.7. The van der Waals surface area contributed by atoms with E-state index in [1.165, 1.54) is 9.71 Å². The van der Waals surface area contributed by atoms with Crippen LogP contribution in [-0.2, 0) is 5.75 Å². The van der Waals surface area contributed by atoms with Crippen LogP contribution in [0, 0.1) is 6.92 Å². The van der Waals surface area contributed by atoms with Crippen molar-refractivity contribution < 1.29 is 4.79 Å². The van der Waals surface area contributed by atoms with Crippen LogP contribution < -0.4 is 0 Å². The third kappa shape index (κ3) is 4.68. The minimum Gasteiger partial charge on any atom is -0.339 e. The monoisotopic (exact) mass is 465 g/mol. The van der Waals surface area contributed by atoms with Gasteiger partial charge in [0.2, 0.25) is 0 Å². The van der Waals surface area contributed by atoms with Crippen molar-refractivity contribution in [3.63, 3.8) is 0 Å². The highest BCUT2D eigenvalue weighted by Gasteiger charge is 2.26. The lowest BCUT2D eigenvalue weighted by Crippen LogP contribution is -2.37. The fourth-order valence-corrected chi connectivity index (χ4v) is 6.55. The Morgan fingerprint density at radius 1 is 1.10 bits per heavy atom. The molecule has 0 atom stereocenters. The number of rotatable bonds is 5. The van der Waals surface area contributed by atoms with Crippen LogP contribution in [0.4, 0.5) is 0 Å². The number of nitrogens with zero attached hydrogens (tertiary/aromatic N) is 3. The van der Waals surface area contributed by atoms with Gasteiger partial charge in [0, 0.05) is 40.6 Å². The number of hydrogen-bond acceptors (Lipinski definition) is 6. The van der Waals surface area contributed by atoms with E-state index in [2.05, 4.69) is 28.6 Å². The van der Waals surface area contributed by atoms with Gasteiger partial charge in [-0.05, 0) is 56.2 Å². The van der Waals surface area contributed by atoms with Crippen molar-refractivity contribution in [3.8, 4) is 0 Å². The molecule has 0 N–H and O–H groups in total. The molecule has 158 valence electrons. The number of fused-ring (bicyclic) bond motifs is 1. The summed E-state index contributed by atoms with van der Waals surface area (Å²) in [6, 6.07) is 16.3. The van der Waals surface area contributed by atoms with Crippen molar-refractivity contribution in [2.24, 2.45) is 0 Å². The average molecular weight is 466 g/mol. The van der Waals surface area contributed by atoms with Gasteiger partial charge in [0.05, 0.1) is 25.9 Å². The van der Waals surface area contributed by atoms with Gasteiger partial charge in [-0.15, -0.1) is 34.4 Å². The second-order valence-electron chi connectivity index (χ2n) is 7.76. The van der Waals surface area contributed by atoms with Gasteiger partial charge in [-0.25, -0.2) is 9.97 Å². The standard InChI is InChI=1S/C24H23N3OS3/c1-16-25-19(14-29-16)15-30-20-8-6-18(7-9-20)24(28)27-12-10-17(11-13-27)23-26-21-4-2-3-5-22(21)31-23/h2-9,14,17H,10-13,15H2,1H3. The van der Waals surface area contributed by atoms with E-state index in [9.17, 15) is 4.79 Å². The highest BCUT2D eigenvalue weighted by molar-refractivity contribution is 7.98. The van der Waals surface area contributed by atoms with Crippen LogP contribution >= 0.6 is 34.4 Å². The topological polar surface area (TPSA) is 46.1 Å². The minimum atomic E-state index is 0.134. The number of benzene rings is 2. The number of amides is 1. The smallest absolute Gasteiger partial charge is 0.253 e. The number of aromatic nitrogens is 2. The summed E-state index contributed by atoms with van der Waals surface area (Å²) in [5, 5.41) is 4.42.